The van der Waals surface area contributed by atoms with Crippen molar-refractivity contribution < 1.29 is 9.90 Å². The molecule has 0 aliphatic heterocycles. The minimum absolute atomic E-state index is 0.131. The summed E-state index contributed by atoms with van der Waals surface area (Å²) in [5.74, 6) is -0.0144. The lowest BCUT2D eigenvalue weighted by Crippen LogP contribution is -2.53. The third kappa shape index (κ3) is 5.89. The van der Waals surface area contributed by atoms with E-state index in [0.29, 0.717) is 6.42 Å². The van der Waals surface area contributed by atoms with E-state index in [1.165, 1.54) is 0 Å². The van der Waals surface area contributed by atoms with Crippen molar-refractivity contribution in [2.75, 3.05) is 0 Å². The minimum atomic E-state index is -0.902. The Labute approximate surface area is 136 Å². The van der Waals surface area contributed by atoms with Gasteiger partial charge < -0.3 is 5.11 Å². The summed E-state index contributed by atoms with van der Waals surface area (Å²) in [6.45, 7) is 7.73. The third-order valence-electron chi connectivity index (χ3n) is 3.26. The highest BCUT2D eigenvalue weighted by molar-refractivity contribution is 7.99. The molecule has 5 heteroatoms. The maximum absolute atomic E-state index is 11.5. The van der Waals surface area contributed by atoms with Crippen LogP contribution in [0.1, 0.15) is 39.7 Å². The van der Waals surface area contributed by atoms with Gasteiger partial charge in [0.2, 0.25) is 0 Å². The lowest BCUT2D eigenvalue weighted by molar-refractivity contribution is -0.144. The van der Waals surface area contributed by atoms with Gasteiger partial charge in [0, 0.05) is 22.1 Å². The summed E-state index contributed by atoms with van der Waals surface area (Å²) in [7, 11) is 0. The topological polar surface area (TPSA) is 49.3 Å². The Morgan fingerprint density at radius 1 is 1.38 bits per heavy atom. The molecule has 0 bridgehead atoms. The lowest BCUT2D eigenvalue weighted by Gasteiger charge is -2.31. The second-order valence-corrected chi connectivity index (χ2v) is 7.69. The number of halogens is 1. The van der Waals surface area contributed by atoms with Crippen LogP contribution in [0.4, 0.5) is 0 Å². The molecule has 0 saturated heterocycles. The summed E-state index contributed by atoms with van der Waals surface area (Å²) in [6.07, 6.45) is 0.565. The molecule has 0 fully saturated rings. The van der Waals surface area contributed by atoms with Crippen molar-refractivity contribution in [2.24, 2.45) is 0 Å². The molecule has 0 saturated carbocycles. The number of carboxylic acid groups (broad SMARTS) is 1. The van der Waals surface area contributed by atoms with Crippen LogP contribution >= 0.6 is 23.4 Å². The van der Waals surface area contributed by atoms with Crippen molar-refractivity contribution in [1.29, 1.82) is 0 Å². The van der Waals surface area contributed by atoms with Gasteiger partial charge in [0.15, 0.2) is 0 Å². The number of carbonyl (C=O) groups is 1. The molecule has 2 unspecified atom stereocenters. The second kappa shape index (κ2) is 8.06. The Balaban J connectivity index is 2.61. The Kier molecular flexibility index (Phi) is 7.04. The molecule has 21 heavy (non-hydrogen) atoms. The fraction of sp³-hybridized carbons (Fsp3) is 0.562. The normalized spacial score (nSPS) is 15.7. The fourth-order valence-corrected chi connectivity index (χ4v) is 3.78. The van der Waals surface area contributed by atoms with Gasteiger partial charge in [0.05, 0.1) is 0 Å². The number of benzene rings is 1. The summed E-state index contributed by atoms with van der Waals surface area (Å²) in [5, 5.41) is 13.6. The van der Waals surface area contributed by atoms with Crippen molar-refractivity contribution in [2.45, 2.75) is 56.7 Å². The maximum Gasteiger partial charge on any atom is 0.323 e. The fourth-order valence-electron chi connectivity index (χ4n) is 2.33. The summed E-state index contributed by atoms with van der Waals surface area (Å²) in [6, 6.07) is 7.89. The maximum atomic E-state index is 11.5. The van der Waals surface area contributed by atoms with Gasteiger partial charge in [-0.1, -0.05) is 36.7 Å². The van der Waals surface area contributed by atoms with Crippen molar-refractivity contribution in [3.8, 4) is 0 Å². The largest absolute Gasteiger partial charge is 0.480 e. The van der Waals surface area contributed by atoms with Crippen molar-refractivity contribution in [3.05, 3.63) is 34.9 Å². The number of nitrogens with one attached hydrogen (secondary N) is 1. The summed E-state index contributed by atoms with van der Waals surface area (Å²) in [5.41, 5.74) is 0.186. The standard InChI is InChI=1S/C16H24ClNO2S/c1-11(2)18-16(4,15(19)20)9-12(3)21-10-13-7-5-6-8-14(13)17/h5-8,11-12,18H,9-10H2,1-4H3,(H,19,20). The molecule has 2 N–H and O–H groups in total. The highest BCUT2D eigenvalue weighted by Gasteiger charge is 2.35. The lowest BCUT2D eigenvalue weighted by atomic mass is 9.95. The van der Waals surface area contributed by atoms with Crippen LogP contribution in [0.15, 0.2) is 24.3 Å². The van der Waals surface area contributed by atoms with E-state index < -0.39 is 11.5 Å². The molecule has 1 aromatic carbocycles. The Morgan fingerprint density at radius 2 is 2.00 bits per heavy atom. The Hall–Kier alpha value is -0.710. The summed E-state index contributed by atoms with van der Waals surface area (Å²) < 4.78 is 0. The van der Waals surface area contributed by atoms with Crippen LogP contribution in [-0.2, 0) is 10.5 Å². The van der Waals surface area contributed by atoms with E-state index in [2.05, 4.69) is 12.2 Å². The third-order valence-corrected chi connectivity index (χ3v) is 4.84. The van der Waals surface area contributed by atoms with Gasteiger partial charge in [0.1, 0.15) is 5.54 Å². The molecule has 0 aromatic heterocycles. The van der Waals surface area contributed by atoms with Crippen molar-refractivity contribution >= 4 is 29.3 Å². The molecule has 0 aliphatic carbocycles. The summed E-state index contributed by atoms with van der Waals surface area (Å²) in [4.78, 5) is 11.5. The van der Waals surface area contributed by atoms with Gasteiger partial charge >= 0.3 is 5.97 Å². The van der Waals surface area contributed by atoms with E-state index in [9.17, 15) is 9.90 Å². The zero-order valence-corrected chi connectivity index (χ0v) is 14.6. The van der Waals surface area contributed by atoms with Crippen LogP contribution in [0.5, 0.6) is 0 Å². The minimum Gasteiger partial charge on any atom is -0.480 e. The predicted octanol–water partition coefficient (Wildman–Crippen LogP) is 4.19. The highest BCUT2D eigenvalue weighted by atomic mass is 35.5. The average molecular weight is 330 g/mol. The first kappa shape index (κ1) is 18.3. The molecule has 2 atom stereocenters. The van der Waals surface area contributed by atoms with Crippen molar-refractivity contribution in [3.63, 3.8) is 0 Å². The van der Waals surface area contributed by atoms with E-state index in [1.807, 2.05) is 38.1 Å². The Bertz CT molecular complexity index is 481. The number of thioether (sulfide) groups is 1. The van der Waals surface area contributed by atoms with Crippen LogP contribution in [-0.4, -0.2) is 27.9 Å². The van der Waals surface area contributed by atoms with Gasteiger partial charge in [-0.15, -0.1) is 0 Å². The van der Waals surface area contributed by atoms with E-state index in [4.69, 9.17) is 11.6 Å². The van der Waals surface area contributed by atoms with Crippen molar-refractivity contribution in [1.82, 2.24) is 5.32 Å². The van der Waals surface area contributed by atoms with Gasteiger partial charge in [-0.25, -0.2) is 0 Å². The van der Waals surface area contributed by atoms with Crippen LogP contribution in [0.3, 0.4) is 0 Å². The molecule has 0 spiro atoms. The van der Waals surface area contributed by atoms with Gasteiger partial charge in [-0.2, -0.15) is 11.8 Å². The van der Waals surface area contributed by atoms with E-state index in [0.717, 1.165) is 16.3 Å². The van der Waals surface area contributed by atoms with Crippen LogP contribution in [0, 0.1) is 0 Å². The van der Waals surface area contributed by atoms with Crippen LogP contribution in [0.25, 0.3) is 0 Å². The molecule has 1 aromatic rings. The summed E-state index contributed by atoms with van der Waals surface area (Å²) >= 11 is 7.87. The first-order valence-corrected chi connectivity index (χ1v) is 8.53. The molecule has 118 valence electrons. The molecule has 0 heterocycles. The SMILES string of the molecule is CC(C)NC(C)(CC(C)SCc1ccccc1Cl)C(=O)O. The number of aliphatic carboxylic acids is 1. The zero-order valence-electron chi connectivity index (χ0n) is 13.0. The number of hydrogen-bond acceptors (Lipinski definition) is 3. The number of rotatable bonds is 8. The molecule has 0 aliphatic rings. The van der Waals surface area contributed by atoms with Crippen LogP contribution in [0.2, 0.25) is 5.02 Å². The predicted molar refractivity (Wildman–Crippen MR) is 91.1 cm³/mol. The molecule has 0 radical (unpaired) electrons. The average Bonchev–Trinajstić information content (AvgIpc) is 2.36. The molecule has 3 nitrogen and oxygen atoms in total. The van der Waals surface area contributed by atoms with E-state index >= 15 is 0 Å². The van der Waals surface area contributed by atoms with E-state index in [-0.39, 0.29) is 11.3 Å². The molecule has 0 amide bonds. The number of carboxylic acids is 1. The van der Waals surface area contributed by atoms with Crippen LogP contribution < -0.4 is 5.32 Å². The zero-order chi connectivity index (χ0) is 16.0. The highest BCUT2D eigenvalue weighted by Crippen LogP contribution is 2.28. The van der Waals surface area contributed by atoms with Gasteiger partial charge in [0.25, 0.3) is 0 Å². The smallest absolute Gasteiger partial charge is 0.323 e. The molecular weight excluding hydrogens is 306 g/mol. The first-order chi connectivity index (χ1) is 9.74. The monoisotopic (exact) mass is 329 g/mol. The first-order valence-electron chi connectivity index (χ1n) is 7.10. The Morgan fingerprint density at radius 3 is 2.52 bits per heavy atom. The molecular formula is C16H24ClNO2S. The van der Waals surface area contributed by atoms with Gasteiger partial charge in [-0.3, -0.25) is 10.1 Å². The number of hydrogen-bond donors (Lipinski definition) is 2. The second-order valence-electron chi connectivity index (χ2n) is 5.85. The quantitative estimate of drug-likeness (QED) is 0.750. The van der Waals surface area contributed by atoms with E-state index in [1.54, 1.807) is 18.7 Å². The molecule has 1 rings (SSSR count). The van der Waals surface area contributed by atoms with Gasteiger partial charge in [-0.05, 0) is 38.8 Å².